The van der Waals surface area contributed by atoms with E-state index in [0.29, 0.717) is 11.7 Å². The monoisotopic (exact) mass is 252 g/mol. The fourth-order valence-electron chi connectivity index (χ4n) is 1.33. The van der Waals surface area contributed by atoms with Crippen LogP contribution in [0.4, 0.5) is 5.82 Å². The lowest BCUT2D eigenvalue weighted by molar-refractivity contribution is 0.0696. The number of nitrogens with one attached hydrogen (secondary N) is 1. The quantitative estimate of drug-likeness (QED) is 0.694. The highest BCUT2D eigenvalue weighted by Gasteiger charge is 2.02. The molecule has 5 heteroatoms. The first-order valence-electron chi connectivity index (χ1n) is 6.10. The van der Waals surface area contributed by atoms with E-state index in [2.05, 4.69) is 24.1 Å². The Morgan fingerprint density at radius 1 is 1.50 bits per heavy atom. The van der Waals surface area contributed by atoms with Crippen molar-refractivity contribution in [2.24, 2.45) is 5.92 Å². The fourth-order valence-corrected chi connectivity index (χ4v) is 1.33. The SMILES string of the molecule is CC(C)COCCCNc1ccc(C(=O)O)cn1. The molecule has 5 nitrogen and oxygen atoms in total. The van der Waals surface area contributed by atoms with E-state index in [1.165, 1.54) is 12.3 Å². The van der Waals surface area contributed by atoms with Crippen LogP contribution in [-0.2, 0) is 4.74 Å². The predicted octanol–water partition coefficient (Wildman–Crippen LogP) is 2.25. The molecule has 0 aliphatic heterocycles. The van der Waals surface area contributed by atoms with E-state index in [-0.39, 0.29) is 5.56 Å². The van der Waals surface area contributed by atoms with Crippen LogP contribution in [-0.4, -0.2) is 35.8 Å². The number of aromatic nitrogens is 1. The lowest BCUT2D eigenvalue weighted by atomic mass is 10.2. The number of pyridine rings is 1. The van der Waals surface area contributed by atoms with Crippen molar-refractivity contribution in [3.05, 3.63) is 23.9 Å². The van der Waals surface area contributed by atoms with E-state index in [9.17, 15) is 4.79 Å². The Morgan fingerprint density at radius 2 is 2.28 bits per heavy atom. The van der Waals surface area contributed by atoms with Crippen molar-refractivity contribution in [2.45, 2.75) is 20.3 Å². The molecule has 0 amide bonds. The number of ether oxygens (including phenoxy) is 1. The van der Waals surface area contributed by atoms with Crippen molar-refractivity contribution >= 4 is 11.8 Å². The summed E-state index contributed by atoms with van der Waals surface area (Å²) >= 11 is 0. The second kappa shape index (κ2) is 7.66. The van der Waals surface area contributed by atoms with Crippen LogP contribution in [0.1, 0.15) is 30.6 Å². The maximum absolute atomic E-state index is 10.6. The number of hydrogen-bond acceptors (Lipinski definition) is 4. The number of carboxylic acids is 1. The highest BCUT2D eigenvalue weighted by Crippen LogP contribution is 2.05. The lowest BCUT2D eigenvalue weighted by Crippen LogP contribution is -2.09. The van der Waals surface area contributed by atoms with Gasteiger partial charge in [-0.1, -0.05) is 13.8 Å². The Morgan fingerprint density at radius 3 is 2.83 bits per heavy atom. The summed E-state index contributed by atoms with van der Waals surface area (Å²) in [6.07, 6.45) is 2.25. The highest BCUT2D eigenvalue weighted by atomic mass is 16.5. The third-order valence-corrected chi connectivity index (χ3v) is 2.23. The molecule has 18 heavy (non-hydrogen) atoms. The molecule has 0 aliphatic rings. The van der Waals surface area contributed by atoms with Crippen molar-refractivity contribution in [1.82, 2.24) is 4.98 Å². The van der Waals surface area contributed by atoms with Gasteiger partial charge < -0.3 is 15.2 Å². The Labute approximate surface area is 107 Å². The van der Waals surface area contributed by atoms with Crippen LogP contribution in [0.2, 0.25) is 0 Å². The molecule has 0 aromatic carbocycles. The Hall–Kier alpha value is -1.62. The molecule has 1 heterocycles. The van der Waals surface area contributed by atoms with E-state index in [1.807, 2.05) is 0 Å². The zero-order chi connectivity index (χ0) is 13.4. The Kier molecular flexibility index (Phi) is 6.14. The summed E-state index contributed by atoms with van der Waals surface area (Å²) in [5.74, 6) is 0.281. The van der Waals surface area contributed by atoms with Gasteiger partial charge in [0.2, 0.25) is 0 Å². The van der Waals surface area contributed by atoms with Crippen LogP contribution < -0.4 is 5.32 Å². The minimum atomic E-state index is -0.962. The van der Waals surface area contributed by atoms with Crippen molar-refractivity contribution in [3.63, 3.8) is 0 Å². The third kappa shape index (κ3) is 5.63. The lowest BCUT2D eigenvalue weighted by Gasteiger charge is -2.08. The summed E-state index contributed by atoms with van der Waals surface area (Å²) in [6, 6.07) is 3.20. The number of carbonyl (C=O) groups is 1. The standard InChI is InChI=1S/C13H20N2O3/c1-10(2)9-18-7-3-6-14-12-5-4-11(8-15-12)13(16)17/h4-5,8,10H,3,6-7,9H2,1-2H3,(H,14,15)(H,16,17). The molecular formula is C13H20N2O3. The fraction of sp³-hybridized carbons (Fsp3) is 0.538. The average molecular weight is 252 g/mol. The molecule has 100 valence electrons. The minimum Gasteiger partial charge on any atom is -0.478 e. The van der Waals surface area contributed by atoms with Gasteiger partial charge in [0.25, 0.3) is 0 Å². The average Bonchev–Trinajstić information content (AvgIpc) is 2.34. The second-order valence-electron chi connectivity index (χ2n) is 4.49. The number of carboxylic acid groups (broad SMARTS) is 1. The van der Waals surface area contributed by atoms with Gasteiger partial charge in [0.15, 0.2) is 0 Å². The summed E-state index contributed by atoms with van der Waals surface area (Å²) in [4.78, 5) is 14.6. The first-order valence-corrected chi connectivity index (χ1v) is 6.10. The summed E-state index contributed by atoms with van der Waals surface area (Å²) < 4.78 is 5.45. The normalized spacial score (nSPS) is 10.6. The number of hydrogen-bond donors (Lipinski definition) is 2. The largest absolute Gasteiger partial charge is 0.478 e. The first kappa shape index (κ1) is 14.4. The zero-order valence-electron chi connectivity index (χ0n) is 10.8. The maximum Gasteiger partial charge on any atom is 0.337 e. The van der Waals surface area contributed by atoms with Crippen molar-refractivity contribution < 1.29 is 14.6 Å². The molecule has 1 aromatic heterocycles. The van der Waals surface area contributed by atoms with E-state index >= 15 is 0 Å². The van der Waals surface area contributed by atoms with E-state index < -0.39 is 5.97 Å². The van der Waals surface area contributed by atoms with E-state index in [0.717, 1.165) is 26.2 Å². The van der Waals surface area contributed by atoms with Crippen molar-refractivity contribution in [1.29, 1.82) is 0 Å². The second-order valence-corrected chi connectivity index (χ2v) is 4.49. The molecule has 0 atom stereocenters. The van der Waals surface area contributed by atoms with Gasteiger partial charge in [-0.25, -0.2) is 9.78 Å². The van der Waals surface area contributed by atoms with E-state index in [4.69, 9.17) is 9.84 Å². The minimum absolute atomic E-state index is 0.195. The van der Waals surface area contributed by atoms with Crippen LogP contribution in [0, 0.1) is 5.92 Å². The van der Waals surface area contributed by atoms with Crippen molar-refractivity contribution in [2.75, 3.05) is 25.1 Å². The Bertz CT molecular complexity index is 363. The summed E-state index contributed by atoms with van der Waals surface area (Å²) in [6.45, 7) is 6.50. The van der Waals surface area contributed by atoms with Crippen LogP contribution >= 0.6 is 0 Å². The molecule has 0 aliphatic carbocycles. The van der Waals surface area contributed by atoms with Gasteiger partial charge in [-0.3, -0.25) is 0 Å². The molecule has 0 bridgehead atoms. The first-order chi connectivity index (χ1) is 8.59. The van der Waals surface area contributed by atoms with Gasteiger partial charge >= 0.3 is 5.97 Å². The van der Waals surface area contributed by atoms with Crippen LogP contribution in [0.3, 0.4) is 0 Å². The molecule has 1 rings (SSSR count). The van der Waals surface area contributed by atoms with Gasteiger partial charge in [-0.15, -0.1) is 0 Å². The van der Waals surface area contributed by atoms with Gasteiger partial charge in [-0.05, 0) is 24.5 Å². The highest BCUT2D eigenvalue weighted by molar-refractivity contribution is 5.87. The van der Waals surface area contributed by atoms with Gasteiger partial charge in [0, 0.05) is 26.0 Å². The molecule has 0 spiro atoms. The number of nitrogens with zero attached hydrogens (tertiary/aromatic N) is 1. The predicted molar refractivity (Wildman–Crippen MR) is 70.0 cm³/mol. The molecule has 0 radical (unpaired) electrons. The number of rotatable bonds is 8. The molecular weight excluding hydrogens is 232 g/mol. The van der Waals surface area contributed by atoms with Gasteiger partial charge in [-0.2, -0.15) is 0 Å². The van der Waals surface area contributed by atoms with Gasteiger partial charge in [0.05, 0.1) is 5.56 Å². The molecule has 0 saturated heterocycles. The number of anilines is 1. The van der Waals surface area contributed by atoms with Crippen LogP contribution in [0.25, 0.3) is 0 Å². The molecule has 1 aromatic rings. The molecule has 0 fully saturated rings. The smallest absolute Gasteiger partial charge is 0.337 e. The van der Waals surface area contributed by atoms with Crippen LogP contribution in [0.15, 0.2) is 18.3 Å². The summed E-state index contributed by atoms with van der Waals surface area (Å²) in [5, 5.41) is 11.8. The maximum atomic E-state index is 10.6. The Balaban J connectivity index is 2.17. The molecule has 2 N–H and O–H groups in total. The number of aromatic carboxylic acids is 1. The third-order valence-electron chi connectivity index (χ3n) is 2.23. The summed E-state index contributed by atoms with van der Waals surface area (Å²) in [7, 11) is 0. The van der Waals surface area contributed by atoms with Crippen LogP contribution in [0.5, 0.6) is 0 Å². The molecule has 0 unspecified atom stereocenters. The zero-order valence-corrected chi connectivity index (χ0v) is 10.8. The van der Waals surface area contributed by atoms with Gasteiger partial charge in [0.1, 0.15) is 5.82 Å². The van der Waals surface area contributed by atoms with E-state index in [1.54, 1.807) is 6.07 Å². The summed E-state index contributed by atoms with van der Waals surface area (Å²) in [5.41, 5.74) is 0.195. The molecule has 0 saturated carbocycles. The topological polar surface area (TPSA) is 71.5 Å². The van der Waals surface area contributed by atoms with Crippen molar-refractivity contribution in [3.8, 4) is 0 Å².